The highest BCUT2D eigenvalue weighted by Crippen LogP contribution is 2.44. The molecular formula is C20H23NO6S2. The Balaban J connectivity index is 2.34. The Labute approximate surface area is 177 Å². The molecule has 0 aliphatic rings. The number of anilines is 1. The van der Waals surface area contributed by atoms with Crippen LogP contribution in [-0.4, -0.2) is 39.4 Å². The van der Waals surface area contributed by atoms with Gasteiger partial charge in [-0.25, -0.2) is 9.59 Å². The van der Waals surface area contributed by atoms with E-state index >= 15 is 0 Å². The first-order valence-electron chi connectivity index (χ1n) is 8.78. The number of carbonyl (C=O) groups excluding carboxylic acids is 2. The molecule has 2 aromatic carbocycles. The first kappa shape index (κ1) is 22.8. The molecule has 2 rings (SSSR count). The number of esters is 2. The molecule has 0 aromatic heterocycles. The summed E-state index contributed by atoms with van der Waals surface area (Å²) < 4.78 is 20.7. The maximum absolute atomic E-state index is 12.0. The van der Waals surface area contributed by atoms with E-state index in [-0.39, 0.29) is 5.56 Å². The number of nitrogens with two attached hydrogens (primary N) is 1. The number of methoxy groups -OCH3 is 2. The van der Waals surface area contributed by atoms with Crippen molar-refractivity contribution in [2.75, 3.05) is 33.2 Å². The van der Waals surface area contributed by atoms with Gasteiger partial charge in [0, 0.05) is 9.79 Å². The molecule has 0 bridgehead atoms. The third-order valence-electron chi connectivity index (χ3n) is 3.67. The molecule has 2 N–H and O–H groups in total. The van der Waals surface area contributed by atoms with E-state index in [9.17, 15) is 9.59 Å². The molecule has 0 saturated carbocycles. The Bertz CT molecular complexity index is 888. The Morgan fingerprint density at radius 3 is 2.07 bits per heavy atom. The van der Waals surface area contributed by atoms with Gasteiger partial charge in [-0.05, 0) is 44.2 Å². The topological polar surface area (TPSA) is 97.1 Å². The molecule has 0 atom stereocenters. The molecule has 29 heavy (non-hydrogen) atoms. The predicted octanol–water partition coefficient (Wildman–Crippen LogP) is 4.44. The van der Waals surface area contributed by atoms with Crippen LogP contribution in [0.2, 0.25) is 0 Å². The maximum Gasteiger partial charge on any atom is 0.340 e. The molecular weight excluding hydrogens is 414 g/mol. The van der Waals surface area contributed by atoms with Gasteiger partial charge in [-0.15, -0.1) is 0 Å². The fourth-order valence-corrected chi connectivity index (χ4v) is 4.55. The first-order chi connectivity index (χ1) is 13.9. The van der Waals surface area contributed by atoms with E-state index in [4.69, 9.17) is 24.7 Å². The number of ether oxygens (including phenoxy) is 4. The van der Waals surface area contributed by atoms with Crippen molar-refractivity contribution in [3.63, 3.8) is 0 Å². The van der Waals surface area contributed by atoms with E-state index < -0.39 is 11.9 Å². The van der Waals surface area contributed by atoms with E-state index in [0.29, 0.717) is 40.9 Å². The quantitative estimate of drug-likeness (QED) is 0.347. The van der Waals surface area contributed by atoms with Crippen LogP contribution in [0.5, 0.6) is 11.5 Å². The summed E-state index contributed by atoms with van der Waals surface area (Å²) in [6.07, 6.45) is 0. The molecule has 0 spiro atoms. The lowest BCUT2D eigenvalue weighted by molar-refractivity contribution is 0.0591. The van der Waals surface area contributed by atoms with Crippen LogP contribution in [-0.2, 0) is 9.47 Å². The molecule has 0 heterocycles. The lowest BCUT2D eigenvalue weighted by Crippen LogP contribution is -2.07. The van der Waals surface area contributed by atoms with Gasteiger partial charge in [0.05, 0.1) is 44.2 Å². The second-order valence-electron chi connectivity index (χ2n) is 5.59. The van der Waals surface area contributed by atoms with Gasteiger partial charge in [-0.1, -0.05) is 21.6 Å². The number of hydrogen-bond acceptors (Lipinski definition) is 9. The van der Waals surface area contributed by atoms with Crippen molar-refractivity contribution in [2.24, 2.45) is 0 Å². The predicted molar refractivity (Wildman–Crippen MR) is 114 cm³/mol. The molecule has 0 aliphatic carbocycles. The number of rotatable bonds is 9. The van der Waals surface area contributed by atoms with Crippen LogP contribution in [0.15, 0.2) is 40.1 Å². The minimum Gasteiger partial charge on any atom is -0.494 e. The molecule has 0 amide bonds. The number of nitrogen functional groups attached to an aromatic ring is 1. The van der Waals surface area contributed by atoms with Crippen molar-refractivity contribution in [2.45, 2.75) is 23.6 Å². The van der Waals surface area contributed by atoms with Crippen molar-refractivity contribution in [3.05, 3.63) is 41.5 Å². The van der Waals surface area contributed by atoms with Crippen LogP contribution >= 0.6 is 21.6 Å². The van der Waals surface area contributed by atoms with Crippen LogP contribution in [0, 0.1) is 0 Å². The molecule has 2 aromatic rings. The standard InChI is InChI=1S/C20H23NO6S2/c1-5-26-13-7-12(19(22)24-3)8-15(9-13)28-29-17-11-14(27-6-2)10-16(18(17)21)20(23)25-4/h7-11H,5-6,21H2,1-4H3. The Hall–Kier alpha value is -2.52. The van der Waals surface area contributed by atoms with Crippen LogP contribution in [0.4, 0.5) is 5.69 Å². The third-order valence-corrected chi connectivity index (χ3v) is 6.07. The van der Waals surface area contributed by atoms with Gasteiger partial charge < -0.3 is 24.7 Å². The molecule has 0 fully saturated rings. The van der Waals surface area contributed by atoms with Gasteiger partial charge in [-0.2, -0.15) is 0 Å². The normalized spacial score (nSPS) is 10.3. The molecule has 0 unspecified atom stereocenters. The van der Waals surface area contributed by atoms with E-state index in [2.05, 4.69) is 0 Å². The van der Waals surface area contributed by atoms with Gasteiger partial charge in [0.15, 0.2) is 0 Å². The summed E-state index contributed by atoms with van der Waals surface area (Å²) in [5.41, 5.74) is 7.09. The van der Waals surface area contributed by atoms with Crippen LogP contribution in [0.3, 0.4) is 0 Å². The fourth-order valence-electron chi connectivity index (χ4n) is 2.40. The molecule has 9 heteroatoms. The highest BCUT2D eigenvalue weighted by molar-refractivity contribution is 8.76. The highest BCUT2D eigenvalue weighted by Gasteiger charge is 2.17. The summed E-state index contributed by atoms with van der Waals surface area (Å²) in [7, 11) is 5.32. The van der Waals surface area contributed by atoms with Crippen LogP contribution in [0.25, 0.3) is 0 Å². The van der Waals surface area contributed by atoms with E-state index in [1.807, 2.05) is 19.9 Å². The molecule has 0 radical (unpaired) electrons. The summed E-state index contributed by atoms with van der Waals surface area (Å²) in [6, 6.07) is 8.47. The summed E-state index contributed by atoms with van der Waals surface area (Å²) in [5.74, 6) is 0.0831. The smallest absolute Gasteiger partial charge is 0.340 e. The molecule has 0 saturated heterocycles. The molecule has 0 aliphatic heterocycles. The Morgan fingerprint density at radius 1 is 0.862 bits per heavy atom. The largest absolute Gasteiger partial charge is 0.494 e. The Morgan fingerprint density at radius 2 is 1.48 bits per heavy atom. The second-order valence-corrected chi connectivity index (χ2v) is 7.84. The number of carbonyl (C=O) groups is 2. The maximum atomic E-state index is 12.0. The summed E-state index contributed by atoms with van der Waals surface area (Å²) >= 11 is 0. The van der Waals surface area contributed by atoms with Crippen LogP contribution in [0.1, 0.15) is 34.6 Å². The van der Waals surface area contributed by atoms with E-state index in [0.717, 1.165) is 4.90 Å². The van der Waals surface area contributed by atoms with Crippen LogP contribution < -0.4 is 15.2 Å². The van der Waals surface area contributed by atoms with E-state index in [1.165, 1.54) is 35.8 Å². The van der Waals surface area contributed by atoms with Crippen molar-refractivity contribution in [1.82, 2.24) is 0 Å². The molecule has 156 valence electrons. The van der Waals surface area contributed by atoms with Gasteiger partial charge in [-0.3, -0.25) is 0 Å². The van der Waals surface area contributed by atoms with Crippen molar-refractivity contribution in [1.29, 1.82) is 0 Å². The Kier molecular flexibility index (Phi) is 8.53. The molecule has 7 nitrogen and oxygen atoms in total. The van der Waals surface area contributed by atoms with Crippen molar-refractivity contribution in [3.8, 4) is 11.5 Å². The highest BCUT2D eigenvalue weighted by atomic mass is 33.1. The summed E-state index contributed by atoms with van der Waals surface area (Å²) in [6.45, 7) is 4.62. The van der Waals surface area contributed by atoms with Gasteiger partial charge >= 0.3 is 11.9 Å². The van der Waals surface area contributed by atoms with Gasteiger partial charge in [0.25, 0.3) is 0 Å². The zero-order valence-corrected chi connectivity index (χ0v) is 18.3. The number of hydrogen-bond donors (Lipinski definition) is 1. The zero-order chi connectivity index (χ0) is 21.4. The minimum atomic E-state index is -0.540. The lowest BCUT2D eigenvalue weighted by Gasteiger charge is -2.13. The number of benzene rings is 2. The SMILES string of the molecule is CCOc1cc(SSc2cc(OCC)cc(C(=O)OC)c2N)cc(C(=O)OC)c1. The summed E-state index contributed by atoms with van der Waals surface area (Å²) in [5, 5.41) is 0. The van der Waals surface area contributed by atoms with E-state index in [1.54, 1.807) is 24.3 Å². The first-order valence-corrected chi connectivity index (χ1v) is 10.9. The van der Waals surface area contributed by atoms with Gasteiger partial charge in [0.2, 0.25) is 0 Å². The third kappa shape index (κ3) is 5.98. The van der Waals surface area contributed by atoms with Crippen molar-refractivity contribution < 1.29 is 28.5 Å². The lowest BCUT2D eigenvalue weighted by atomic mass is 10.1. The zero-order valence-electron chi connectivity index (χ0n) is 16.6. The average molecular weight is 438 g/mol. The second kappa shape index (κ2) is 10.9. The van der Waals surface area contributed by atoms with Gasteiger partial charge in [0.1, 0.15) is 11.5 Å². The monoisotopic (exact) mass is 437 g/mol. The fraction of sp³-hybridized carbons (Fsp3) is 0.300. The average Bonchev–Trinajstić information content (AvgIpc) is 2.72. The minimum absolute atomic E-state index is 0.236. The summed E-state index contributed by atoms with van der Waals surface area (Å²) in [4.78, 5) is 25.4. The van der Waals surface area contributed by atoms with Crippen molar-refractivity contribution >= 4 is 39.2 Å².